The number of carbonyl (C=O) groups excluding carboxylic acids is 2. The van der Waals surface area contributed by atoms with Crippen molar-refractivity contribution in [2.45, 2.75) is 129 Å². The molecule has 0 aromatic carbocycles. The lowest BCUT2D eigenvalue weighted by atomic mass is 10.1. The molecule has 0 bridgehead atoms. The number of carboxylic acids is 1. The zero-order valence-corrected chi connectivity index (χ0v) is 34.6. The normalized spacial score (nSPS) is 14.9. The SMILES string of the molecule is CC/C=C/C=C/C=C/C=C/C=C/C=C/C=C/CCCCCC(=O)OCC(COP(=O)(O)OC[C@@H](N)C(=O)O)OC(=O)CC/C=C/C/C=C/CCCCCCCC. The summed E-state index contributed by atoms with van der Waals surface area (Å²) < 4.78 is 32.5. The van der Waals surface area contributed by atoms with Crippen molar-refractivity contribution < 1.29 is 47.5 Å². The summed E-state index contributed by atoms with van der Waals surface area (Å²) in [6, 6.07) is -1.54. The molecule has 11 nitrogen and oxygen atoms in total. The third-order valence-corrected chi connectivity index (χ3v) is 8.66. The van der Waals surface area contributed by atoms with Gasteiger partial charge in [0.1, 0.15) is 12.6 Å². The number of aliphatic carboxylic acids is 1. The van der Waals surface area contributed by atoms with Gasteiger partial charge in [-0.15, -0.1) is 0 Å². The van der Waals surface area contributed by atoms with Crippen LogP contribution in [0.15, 0.2) is 109 Å². The van der Waals surface area contributed by atoms with E-state index in [1.165, 1.54) is 38.5 Å². The van der Waals surface area contributed by atoms with Gasteiger partial charge >= 0.3 is 25.7 Å². The van der Waals surface area contributed by atoms with E-state index >= 15 is 0 Å². The molecule has 3 atom stereocenters. The van der Waals surface area contributed by atoms with Crippen molar-refractivity contribution in [2.24, 2.45) is 5.73 Å². The van der Waals surface area contributed by atoms with Crippen LogP contribution < -0.4 is 5.73 Å². The highest BCUT2D eigenvalue weighted by Crippen LogP contribution is 2.43. The lowest BCUT2D eigenvalue weighted by molar-refractivity contribution is -0.161. The monoisotopic (exact) mass is 801 g/mol. The molecule has 0 aliphatic heterocycles. The molecule has 0 aromatic heterocycles. The molecule has 2 unspecified atom stereocenters. The predicted molar refractivity (Wildman–Crippen MR) is 226 cm³/mol. The first-order valence-electron chi connectivity index (χ1n) is 20.0. The Bertz CT molecular complexity index is 1360. The molecule has 0 fully saturated rings. The fourth-order valence-electron chi connectivity index (χ4n) is 4.57. The number of carboxylic acid groups (broad SMARTS) is 1. The Hall–Kier alpha value is -3.86. The molecule has 0 saturated heterocycles. The number of hydrogen-bond donors (Lipinski definition) is 3. The summed E-state index contributed by atoms with van der Waals surface area (Å²) in [5, 5.41) is 8.87. The molecule has 0 aromatic rings. The number of phosphoric acid groups is 1. The fraction of sp³-hybridized carbons (Fsp3) is 0.523. The predicted octanol–water partition coefficient (Wildman–Crippen LogP) is 10.3. The number of phosphoric ester groups is 1. The first-order valence-corrected chi connectivity index (χ1v) is 21.5. The highest BCUT2D eigenvalue weighted by Gasteiger charge is 2.28. The first kappa shape index (κ1) is 52.1. The Morgan fingerprint density at radius 1 is 0.589 bits per heavy atom. The van der Waals surface area contributed by atoms with Crippen LogP contribution >= 0.6 is 7.82 Å². The average molecular weight is 802 g/mol. The van der Waals surface area contributed by atoms with Gasteiger partial charge in [0.2, 0.25) is 0 Å². The Morgan fingerprint density at radius 2 is 1.11 bits per heavy atom. The Balaban J connectivity index is 4.61. The lowest BCUT2D eigenvalue weighted by Gasteiger charge is -2.20. The summed E-state index contributed by atoms with van der Waals surface area (Å²) in [4.78, 5) is 45.8. The fourth-order valence-corrected chi connectivity index (χ4v) is 5.35. The maximum absolute atomic E-state index is 12.5. The highest BCUT2D eigenvalue weighted by molar-refractivity contribution is 7.47. The van der Waals surface area contributed by atoms with Crippen LogP contribution in [0.2, 0.25) is 0 Å². The van der Waals surface area contributed by atoms with Crippen LogP contribution in [0.4, 0.5) is 0 Å². The summed E-state index contributed by atoms with van der Waals surface area (Å²) in [5.41, 5.74) is 5.31. The van der Waals surface area contributed by atoms with Crippen molar-refractivity contribution in [3.8, 4) is 0 Å². The van der Waals surface area contributed by atoms with E-state index in [9.17, 15) is 23.8 Å². The van der Waals surface area contributed by atoms with Gasteiger partial charge in [0.25, 0.3) is 0 Å². The largest absolute Gasteiger partial charge is 0.480 e. The number of unbranched alkanes of at least 4 members (excludes halogenated alkanes) is 9. The first-order chi connectivity index (χ1) is 27.1. The van der Waals surface area contributed by atoms with Crippen molar-refractivity contribution in [1.82, 2.24) is 0 Å². The summed E-state index contributed by atoms with van der Waals surface area (Å²) in [6.45, 7) is 2.50. The molecule has 0 saturated carbocycles. The molecular weight excluding hydrogens is 733 g/mol. The zero-order chi connectivity index (χ0) is 41.4. The molecule has 0 heterocycles. The quantitative estimate of drug-likeness (QED) is 0.0183. The molecule has 314 valence electrons. The smallest absolute Gasteiger partial charge is 0.472 e. The molecule has 56 heavy (non-hydrogen) atoms. The Morgan fingerprint density at radius 3 is 1.71 bits per heavy atom. The van der Waals surface area contributed by atoms with Crippen molar-refractivity contribution in [1.29, 1.82) is 0 Å². The number of allylic oxidation sites excluding steroid dienone is 18. The van der Waals surface area contributed by atoms with E-state index < -0.39 is 57.7 Å². The van der Waals surface area contributed by atoms with Crippen LogP contribution in [-0.4, -0.2) is 59.9 Å². The highest BCUT2D eigenvalue weighted by atomic mass is 31.2. The van der Waals surface area contributed by atoms with Gasteiger partial charge in [-0.05, 0) is 51.4 Å². The number of ether oxygens (including phenoxy) is 2. The summed E-state index contributed by atoms with van der Waals surface area (Å²) >= 11 is 0. The number of nitrogens with two attached hydrogens (primary N) is 1. The van der Waals surface area contributed by atoms with E-state index in [-0.39, 0.29) is 12.8 Å². The molecule has 0 aliphatic rings. The summed E-state index contributed by atoms with van der Waals surface area (Å²) in [5.74, 6) is -2.54. The molecule has 0 rings (SSSR count). The van der Waals surface area contributed by atoms with E-state index in [0.717, 1.165) is 38.5 Å². The lowest BCUT2D eigenvalue weighted by Crippen LogP contribution is -2.34. The van der Waals surface area contributed by atoms with E-state index in [1.54, 1.807) is 0 Å². The minimum Gasteiger partial charge on any atom is -0.480 e. The van der Waals surface area contributed by atoms with E-state index in [1.807, 2.05) is 85.1 Å². The van der Waals surface area contributed by atoms with Crippen LogP contribution in [-0.2, 0) is 37.5 Å². The molecule has 0 spiro atoms. The number of esters is 2. The third-order valence-electron chi connectivity index (χ3n) is 7.71. The van der Waals surface area contributed by atoms with Gasteiger partial charge in [-0.25, -0.2) is 4.57 Å². The third kappa shape index (κ3) is 37.1. The zero-order valence-electron chi connectivity index (χ0n) is 33.7. The summed E-state index contributed by atoms with van der Waals surface area (Å²) in [6.07, 6.45) is 48.9. The van der Waals surface area contributed by atoms with Gasteiger partial charge < -0.3 is 25.2 Å². The van der Waals surface area contributed by atoms with E-state index in [4.69, 9.17) is 24.8 Å². The maximum Gasteiger partial charge on any atom is 0.472 e. The Kier molecular flexibility index (Phi) is 35.4. The maximum atomic E-state index is 12.5. The standard InChI is InChI=1S/C44H68NO10P/c1-3-5-7-9-11-13-15-17-18-19-20-21-22-24-25-27-29-31-33-35-42(46)52-37-40(38-53-56(50,51)54-39-41(45)44(48)49)55-43(47)36-34-32-30-28-26-23-16-14-12-10-8-6-4-2/h5,7,9,11,13,15,17-26,30,32,40-41H,3-4,6,8,10,12,14,16,27-29,31,33-39,45H2,1-2H3,(H,48,49)(H,50,51)/b7-5+,11-9+,15-13+,18-17+,20-19+,22-21+,25-24+,26-23+,32-30+/t40?,41-/m1/s1. The number of carbonyl (C=O) groups is 3. The van der Waals surface area contributed by atoms with Gasteiger partial charge in [0.15, 0.2) is 6.10 Å². The number of rotatable bonds is 35. The van der Waals surface area contributed by atoms with Gasteiger partial charge in [-0.3, -0.25) is 23.4 Å². The average Bonchev–Trinajstić information content (AvgIpc) is 3.17. The molecule has 0 amide bonds. The summed E-state index contributed by atoms with van der Waals surface area (Å²) in [7, 11) is -4.75. The Labute approximate surface area is 336 Å². The van der Waals surface area contributed by atoms with Crippen molar-refractivity contribution in [3.05, 3.63) is 109 Å². The molecule has 4 N–H and O–H groups in total. The van der Waals surface area contributed by atoms with Crippen LogP contribution in [0.1, 0.15) is 117 Å². The minimum absolute atomic E-state index is 0.0370. The number of hydrogen-bond acceptors (Lipinski definition) is 9. The second-order valence-electron chi connectivity index (χ2n) is 12.9. The molecule has 12 heteroatoms. The van der Waals surface area contributed by atoms with Crippen molar-refractivity contribution >= 4 is 25.7 Å². The second-order valence-corrected chi connectivity index (χ2v) is 14.3. The van der Waals surface area contributed by atoms with Crippen LogP contribution in [0.25, 0.3) is 0 Å². The van der Waals surface area contributed by atoms with Gasteiger partial charge in [-0.2, -0.15) is 0 Å². The minimum atomic E-state index is -4.75. The topological polar surface area (TPSA) is 172 Å². The van der Waals surface area contributed by atoms with Gasteiger partial charge in [0, 0.05) is 12.8 Å². The van der Waals surface area contributed by atoms with Crippen LogP contribution in [0.5, 0.6) is 0 Å². The van der Waals surface area contributed by atoms with Gasteiger partial charge in [-0.1, -0.05) is 162 Å². The van der Waals surface area contributed by atoms with E-state index in [0.29, 0.717) is 12.8 Å². The molecule has 0 radical (unpaired) electrons. The molecular formula is C44H68NO10P. The van der Waals surface area contributed by atoms with Crippen molar-refractivity contribution in [2.75, 3.05) is 19.8 Å². The molecule has 0 aliphatic carbocycles. The van der Waals surface area contributed by atoms with E-state index in [2.05, 4.69) is 42.7 Å². The van der Waals surface area contributed by atoms with Crippen LogP contribution in [0, 0.1) is 0 Å². The van der Waals surface area contributed by atoms with Gasteiger partial charge in [0.05, 0.1) is 13.2 Å². The second kappa shape index (κ2) is 38.0. The van der Waals surface area contributed by atoms with Crippen LogP contribution in [0.3, 0.4) is 0 Å². The van der Waals surface area contributed by atoms with Crippen molar-refractivity contribution in [3.63, 3.8) is 0 Å².